The molecule has 30 heavy (non-hydrogen) atoms. The molecule has 2 aromatic carbocycles. The third-order valence-corrected chi connectivity index (χ3v) is 5.05. The second-order valence-corrected chi connectivity index (χ2v) is 7.38. The van der Waals surface area contributed by atoms with Gasteiger partial charge < -0.3 is 14.8 Å². The minimum absolute atomic E-state index is 0.378. The quantitative estimate of drug-likeness (QED) is 0.519. The van der Waals surface area contributed by atoms with Crippen LogP contribution in [0.3, 0.4) is 0 Å². The molecule has 1 aliphatic carbocycles. The van der Waals surface area contributed by atoms with Gasteiger partial charge >= 0.3 is 11.9 Å². The summed E-state index contributed by atoms with van der Waals surface area (Å²) < 4.78 is 10.3. The zero-order valence-electron chi connectivity index (χ0n) is 17.2. The molecule has 6 heteroatoms. The molecule has 0 heterocycles. The van der Waals surface area contributed by atoms with E-state index >= 15 is 0 Å². The first-order valence-electron chi connectivity index (χ1n) is 10.4. The number of ether oxygens (including phenoxy) is 2. The molecule has 158 valence electrons. The van der Waals surface area contributed by atoms with Crippen LogP contribution in [0.5, 0.6) is 0 Å². The summed E-state index contributed by atoms with van der Waals surface area (Å²) in [5.74, 6) is -1.34. The van der Waals surface area contributed by atoms with Crippen LogP contribution in [0.2, 0.25) is 0 Å². The Balaban J connectivity index is 1.47. The summed E-state index contributed by atoms with van der Waals surface area (Å²) in [6.07, 6.45) is 6.10. The first-order valence-corrected chi connectivity index (χ1v) is 10.4. The minimum atomic E-state index is -0.510. The van der Waals surface area contributed by atoms with Crippen LogP contribution in [0.1, 0.15) is 64.4 Å². The van der Waals surface area contributed by atoms with Gasteiger partial charge in [0.1, 0.15) is 0 Å². The minimum Gasteiger partial charge on any atom is -0.462 e. The van der Waals surface area contributed by atoms with Crippen molar-refractivity contribution < 1.29 is 23.9 Å². The molecule has 0 spiro atoms. The van der Waals surface area contributed by atoms with E-state index in [1.165, 1.54) is 17.5 Å². The van der Waals surface area contributed by atoms with Crippen molar-refractivity contribution in [3.63, 3.8) is 0 Å². The van der Waals surface area contributed by atoms with Crippen LogP contribution in [-0.4, -0.2) is 31.1 Å². The van der Waals surface area contributed by atoms with Gasteiger partial charge in [-0.1, -0.05) is 19.4 Å². The van der Waals surface area contributed by atoms with E-state index < -0.39 is 11.9 Å². The molecule has 0 atom stereocenters. The van der Waals surface area contributed by atoms with Crippen LogP contribution in [0.25, 0.3) is 0 Å². The molecule has 2 aromatic rings. The molecule has 0 aromatic heterocycles. The van der Waals surface area contributed by atoms with Crippen molar-refractivity contribution >= 4 is 23.5 Å². The summed E-state index contributed by atoms with van der Waals surface area (Å²) in [6, 6.07) is 12.0. The third-order valence-electron chi connectivity index (χ3n) is 5.05. The number of hydrogen-bond acceptors (Lipinski definition) is 5. The molecule has 0 aliphatic heterocycles. The maximum absolute atomic E-state index is 12.3. The number of fused-ring (bicyclic) bond motifs is 1. The number of unbranched alkanes of at least 4 members (excludes halogenated alkanes) is 1. The first-order chi connectivity index (χ1) is 14.6. The highest BCUT2D eigenvalue weighted by Gasteiger charge is 2.15. The lowest BCUT2D eigenvalue weighted by molar-refractivity contribution is -0.119. The van der Waals surface area contributed by atoms with E-state index in [2.05, 4.69) is 5.32 Å². The molecule has 6 nitrogen and oxygen atoms in total. The molecule has 0 bridgehead atoms. The Morgan fingerprint density at radius 3 is 2.27 bits per heavy atom. The fraction of sp³-hybridized carbons (Fsp3) is 0.375. The maximum Gasteiger partial charge on any atom is 0.338 e. The van der Waals surface area contributed by atoms with Gasteiger partial charge in [-0.05, 0) is 79.6 Å². The third kappa shape index (κ3) is 5.92. The zero-order valence-corrected chi connectivity index (χ0v) is 17.2. The fourth-order valence-electron chi connectivity index (χ4n) is 3.35. The average Bonchev–Trinajstić information content (AvgIpc) is 2.77. The second-order valence-electron chi connectivity index (χ2n) is 7.38. The number of amides is 1. The van der Waals surface area contributed by atoms with E-state index in [-0.39, 0.29) is 12.6 Å². The lowest BCUT2D eigenvalue weighted by Crippen LogP contribution is -2.21. The van der Waals surface area contributed by atoms with Crippen molar-refractivity contribution in [1.29, 1.82) is 0 Å². The summed E-state index contributed by atoms with van der Waals surface area (Å²) in [5, 5.41) is 2.65. The molecule has 1 N–H and O–H groups in total. The summed E-state index contributed by atoms with van der Waals surface area (Å²) in [7, 11) is 0. The standard InChI is InChI=1S/C24H27NO5/c1-2-3-14-29-23(27)18-10-12-21(13-11-18)25-22(26)16-30-24(28)20-9-8-17-6-4-5-7-19(17)15-20/h8-13,15H,2-7,14,16H2,1H3,(H,25,26). The highest BCUT2D eigenvalue weighted by Crippen LogP contribution is 2.22. The molecular weight excluding hydrogens is 382 g/mol. The summed E-state index contributed by atoms with van der Waals surface area (Å²) >= 11 is 0. The van der Waals surface area contributed by atoms with Gasteiger partial charge in [-0.2, -0.15) is 0 Å². The number of benzene rings is 2. The Bertz CT molecular complexity index is 904. The molecule has 1 aliphatic rings. The predicted octanol–water partition coefficient (Wildman–Crippen LogP) is 4.32. The van der Waals surface area contributed by atoms with E-state index in [0.717, 1.165) is 32.1 Å². The number of rotatable bonds is 8. The van der Waals surface area contributed by atoms with Gasteiger partial charge in [-0.25, -0.2) is 9.59 Å². The first kappa shape index (κ1) is 21.6. The van der Waals surface area contributed by atoms with Crippen molar-refractivity contribution in [2.24, 2.45) is 0 Å². The van der Waals surface area contributed by atoms with Gasteiger partial charge in [0.05, 0.1) is 17.7 Å². The molecule has 3 rings (SSSR count). The van der Waals surface area contributed by atoms with Crippen LogP contribution in [0.15, 0.2) is 42.5 Å². The average molecular weight is 409 g/mol. The Morgan fingerprint density at radius 1 is 0.867 bits per heavy atom. The molecule has 0 unspecified atom stereocenters. The monoisotopic (exact) mass is 409 g/mol. The Hall–Kier alpha value is -3.15. The maximum atomic E-state index is 12.3. The van der Waals surface area contributed by atoms with Gasteiger partial charge in [0.2, 0.25) is 0 Å². The lowest BCUT2D eigenvalue weighted by Gasteiger charge is -2.16. The highest BCUT2D eigenvalue weighted by molar-refractivity contribution is 5.96. The van der Waals surface area contributed by atoms with E-state index in [9.17, 15) is 14.4 Å². The van der Waals surface area contributed by atoms with E-state index in [4.69, 9.17) is 9.47 Å². The summed E-state index contributed by atoms with van der Waals surface area (Å²) in [6.45, 7) is 2.04. The van der Waals surface area contributed by atoms with Crippen molar-refractivity contribution in [1.82, 2.24) is 0 Å². The number of esters is 2. The van der Waals surface area contributed by atoms with Crippen LogP contribution >= 0.6 is 0 Å². The largest absolute Gasteiger partial charge is 0.462 e. The smallest absolute Gasteiger partial charge is 0.338 e. The van der Waals surface area contributed by atoms with E-state index in [1.807, 2.05) is 19.1 Å². The van der Waals surface area contributed by atoms with Crippen molar-refractivity contribution in [2.75, 3.05) is 18.5 Å². The van der Waals surface area contributed by atoms with E-state index in [1.54, 1.807) is 30.3 Å². The van der Waals surface area contributed by atoms with Crippen molar-refractivity contribution in [3.05, 3.63) is 64.7 Å². The van der Waals surface area contributed by atoms with Gasteiger partial charge in [-0.3, -0.25) is 4.79 Å². The lowest BCUT2D eigenvalue weighted by atomic mass is 9.90. The second kappa shape index (κ2) is 10.6. The van der Waals surface area contributed by atoms with Crippen LogP contribution in [-0.2, 0) is 27.1 Å². The van der Waals surface area contributed by atoms with Crippen molar-refractivity contribution in [3.8, 4) is 0 Å². The SMILES string of the molecule is CCCCOC(=O)c1ccc(NC(=O)COC(=O)c2ccc3c(c2)CCCC3)cc1. The fourth-order valence-corrected chi connectivity index (χ4v) is 3.35. The number of carbonyl (C=O) groups excluding carboxylic acids is 3. The Kier molecular flexibility index (Phi) is 7.60. The normalized spacial score (nSPS) is 12.6. The van der Waals surface area contributed by atoms with Gasteiger partial charge in [0.15, 0.2) is 6.61 Å². The van der Waals surface area contributed by atoms with Gasteiger partial charge in [0.25, 0.3) is 5.91 Å². The number of carbonyl (C=O) groups is 3. The summed E-state index contributed by atoms with van der Waals surface area (Å²) in [5.41, 5.74) is 3.87. The number of nitrogens with one attached hydrogen (secondary N) is 1. The molecule has 0 radical (unpaired) electrons. The topological polar surface area (TPSA) is 81.7 Å². The molecule has 0 fully saturated rings. The van der Waals surface area contributed by atoms with E-state index in [0.29, 0.717) is 23.4 Å². The Labute approximate surface area is 176 Å². The Morgan fingerprint density at radius 2 is 1.53 bits per heavy atom. The van der Waals surface area contributed by atoms with Crippen LogP contribution in [0, 0.1) is 0 Å². The van der Waals surface area contributed by atoms with Crippen LogP contribution in [0.4, 0.5) is 5.69 Å². The molecule has 0 saturated heterocycles. The van der Waals surface area contributed by atoms with Crippen molar-refractivity contribution in [2.45, 2.75) is 45.4 Å². The highest BCUT2D eigenvalue weighted by atomic mass is 16.5. The molecule has 1 amide bonds. The zero-order chi connectivity index (χ0) is 21.3. The number of hydrogen-bond donors (Lipinski definition) is 1. The number of aryl methyl sites for hydroxylation is 2. The molecule has 0 saturated carbocycles. The van der Waals surface area contributed by atoms with Gasteiger partial charge in [0, 0.05) is 5.69 Å². The van der Waals surface area contributed by atoms with Gasteiger partial charge in [-0.15, -0.1) is 0 Å². The van der Waals surface area contributed by atoms with Crippen LogP contribution < -0.4 is 5.32 Å². The summed E-state index contributed by atoms with van der Waals surface area (Å²) in [4.78, 5) is 36.2. The predicted molar refractivity (Wildman–Crippen MR) is 114 cm³/mol. The molecular formula is C24H27NO5. The number of anilines is 1.